The molecule has 1 aliphatic rings. The number of nitrogens with two attached hydrogens (primary N) is 4. The van der Waals surface area contributed by atoms with Gasteiger partial charge in [-0.25, -0.2) is 4.79 Å². The van der Waals surface area contributed by atoms with E-state index in [-0.39, 0.29) is 44.1 Å². The first-order valence-corrected chi connectivity index (χ1v) is 12.5. The first kappa shape index (κ1) is 31.6. The van der Waals surface area contributed by atoms with Crippen LogP contribution in [0.3, 0.4) is 0 Å². The second-order valence-corrected chi connectivity index (χ2v) is 8.91. The molecule has 0 radical (unpaired) electrons. The predicted octanol–water partition coefficient (Wildman–Crippen LogP) is -3.27. The SMILES string of the molecule is NCCCCC(NC(=O)C(CCC(N)=O)NC(=O)C(CCCN=C(N)N)NC(=O)C1CCCN1)C(=O)O. The maximum atomic E-state index is 13.2. The highest BCUT2D eigenvalue weighted by atomic mass is 16.4. The molecule has 0 aromatic carbocycles. The molecule has 0 aromatic rings. The van der Waals surface area contributed by atoms with E-state index in [9.17, 15) is 29.1 Å². The lowest BCUT2D eigenvalue weighted by atomic mass is 10.0. The fraction of sp³-hybridized carbons (Fsp3) is 0.727. The van der Waals surface area contributed by atoms with Gasteiger partial charge in [0.2, 0.25) is 23.6 Å². The van der Waals surface area contributed by atoms with E-state index in [0.717, 1.165) is 6.42 Å². The minimum atomic E-state index is -1.25. The number of carboxylic acid groups (broad SMARTS) is 1. The third kappa shape index (κ3) is 12.9. The zero-order chi connectivity index (χ0) is 27.8. The molecule has 37 heavy (non-hydrogen) atoms. The van der Waals surface area contributed by atoms with Crippen LogP contribution in [-0.4, -0.2) is 84.5 Å². The molecule has 1 rings (SSSR count). The van der Waals surface area contributed by atoms with Crippen LogP contribution < -0.4 is 44.2 Å². The van der Waals surface area contributed by atoms with E-state index in [1.165, 1.54) is 0 Å². The lowest BCUT2D eigenvalue weighted by Gasteiger charge is -2.25. The molecule has 4 atom stereocenters. The molecular formula is C22H41N9O6. The number of hydrogen-bond acceptors (Lipinski definition) is 8. The Labute approximate surface area is 215 Å². The van der Waals surface area contributed by atoms with Gasteiger partial charge in [0.15, 0.2) is 5.96 Å². The molecule has 210 valence electrons. The summed E-state index contributed by atoms with van der Waals surface area (Å²) in [5.41, 5.74) is 21.3. The summed E-state index contributed by atoms with van der Waals surface area (Å²) in [7, 11) is 0. The molecule has 15 nitrogen and oxygen atoms in total. The van der Waals surface area contributed by atoms with Crippen molar-refractivity contribution in [2.24, 2.45) is 27.9 Å². The van der Waals surface area contributed by atoms with Gasteiger partial charge in [0.1, 0.15) is 18.1 Å². The quantitative estimate of drug-likeness (QED) is 0.0487. The summed E-state index contributed by atoms with van der Waals surface area (Å²) in [6.07, 6.45) is 2.80. The van der Waals surface area contributed by atoms with E-state index in [0.29, 0.717) is 38.8 Å². The molecule has 1 saturated heterocycles. The Hall–Kier alpha value is -3.46. The van der Waals surface area contributed by atoms with Crippen molar-refractivity contribution in [1.29, 1.82) is 0 Å². The van der Waals surface area contributed by atoms with Crippen molar-refractivity contribution in [3.8, 4) is 0 Å². The van der Waals surface area contributed by atoms with Gasteiger partial charge in [-0.05, 0) is 64.5 Å². The molecule has 0 aliphatic carbocycles. The first-order chi connectivity index (χ1) is 17.5. The lowest BCUT2D eigenvalue weighted by molar-refractivity contribution is -0.142. The minimum absolute atomic E-state index is 0.108. The van der Waals surface area contributed by atoms with E-state index < -0.39 is 47.9 Å². The highest BCUT2D eigenvalue weighted by Crippen LogP contribution is 2.09. The van der Waals surface area contributed by atoms with Crippen molar-refractivity contribution >= 4 is 35.6 Å². The third-order valence-electron chi connectivity index (χ3n) is 5.83. The van der Waals surface area contributed by atoms with E-state index in [4.69, 9.17) is 22.9 Å². The van der Waals surface area contributed by atoms with Gasteiger partial charge in [0, 0.05) is 13.0 Å². The number of nitrogens with one attached hydrogen (secondary N) is 4. The van der Waals surface area contributed by atoms with E-state index >= 15 is 0 Å². The van der Waals surface area contributed by atoms with Gasteiger partial charge in [-0.3, -0.25) is 24.2 Å². The van der Waals surface area contributed by atoms with Gasteiger partial charge in [-0.1, -0.05) is 0 Å². The highest BCUT2D eigenvalue weighted by Gasteiger charge is 2.31. The monoisotopic (exact) mass is 527 g/mol. The number of aliphatic carboxylic acids is 1. The lowest BCUT2D eigenvalue weighted by Crippen LogP contribution is -2.57. The van der Waals surface area contributed by atoms with Crippen molar-refractivity contribution in [3.05, 3.63) is 0 Å². The van der Waals surface area contributed by atoms with Crippen LogP contribution in [0.1, 0.15) is 57.8 Å². The summed E-state index contributed by atoms with van der Waals surface area (Å²) in [4.78, 5) is 65.5. The molecule has 13 N–H and O–H groups in total. The van der Waals surface area contributed by atoms with Crippen molar-refractivity contribution < 1.29 is 29.1 Å². The molecule has 0 aromatic heterocycles. The summed E-state index contributed by atoms with van der Waals surface area (Å²) >= 11 is 0. The Morgan fingerprint density at radius 2 is 1.51 bits per heavy atom. The molecule has 1 heterocycles. The topological polar surface area (TPSA) is 270 Å². The Balaban J connectivity index is 2.96. The molecule has 4 unspecified atom stereocenters. The van der Waals surface area contributed by atoms with Crippen LogP contribution in [0.25, 0.3) is 0 Å². The van der Waals surface area contributed by atoms with Crippen molar-refractivity contribution in [1.82, 2.24) is 21.3 Å². The van der Waals surface area contributed by atoms with Gasteiger partial charge in [-0.15, -0.1) is 0 Å². The van der Waals surface area contributed by atoms with Crippen molar-refractivity contribution in [2.75, 3.05) is 19.6 Å². The molecule has 0 saturated carbocycles. The van der Waals surface area contributed by atoms with E-state index in [1.54, 1.807) is 0 Å². The number of aliphatic imine (C=N–C) groups is 1. The molecule has 1 aliphatic heterocycles. The molecular weight excluding hydrogens is 486 g/mol. The van der Waals surface area contributed by atoms with Gasteiger partial charge in [0.05, 0.1) is 6.04 Å². The van der Waals surface area contributed by atoms with Crippen LogP contribution in [0.2, 0.25) is 0 Å². The minimum Gasteiger partial charge on any atom is -0.480 e. The fourth-order valence-corrected chi connectivity index (χ4v) is 3.80. The molecule has 15 heteroatoms. The number of amides is 4. The standard InChI is InChI=1S/C22H41N9O6/c23-10-2-1-5-16(21(36)37)31-20(35)15(8-9-17(24)32)30-19(34)14(7-4-12-28-22(25)26)29-18(33)13-6-3-11-27-13/h13-16,27H,1-12,23H2,(H2,24,32)(H,29,33)(H,30,34)(H,31,35)(H,36,37)(H4,25,26,28). The summed E-state index contributed by atoms with van der Waals surface area (Å²) in [6.45, 7) is 1.29. The van der Waals surface area contributed by atoms with Crippen LogP contribution in [0, 0.1) is 0 Å². The second-order valence-electron chi connectivity index (χ2n) is 8.91. The predicted molar refractivity (Wildman–Crippen MR) is 136 cm³/mol. The van der Waals surface area contributed by atoms with Crippen LogP contribution in [-0.2, 0) is 24.0 Å². The number of guanidine groups is 1. The molecule has 4 amide bonds. The second kappa shape index (κ2) is 17.1. The summed E-state index contributed by atoms with van der Waals surface area (Å²) in [6, 6.07) is -3.91. The average Bonchev–Trinajstić information content (AvgIpc) is 3.37. The Morgan fingerprint density at radius 3 is 2.05 bits per heavy atom. The number of nitrogens with zero attached hydrogens (tertiary/aromatic N) is 1. The van der Waals surface area contributed by atoms with Gasteiger partial charge in [-0.2, -0.15) is 0 Å². The molecule has 0 spiro atoms. The molecule has 1 fully saturated rings. The first-order valence-electron chi connectivity index (χ1n) is 12.5. The normalized spacial score (nSPS) is 17.2. The number of carbonyl (C=O) groups is 5. The van der Waals surface area contributed by atoms with E-state index in [2.05, 4.69) is 26.3 Å². The average molecular weight is 528 g/mol. The smallest absolute Gasteiger partial charge is 0.326 e. The number of rotatable bonds is 18. The van der Waals surface area contributed by atoms with Crippen molar-refractivity contribution in [2.45, 2.75) is 82.0 Å². The van der Waals surface area contributed by atoms with Crippen LogP contribution in [0.15, 0.2) is 4.99 Å². The zero-order valence-corrected chi connectivity index (χ0v) is 21.0. The largest absolute Gasteiger partial charge is 0.480 e. The zero-order valence-electron chi connectivity index (χ0n) is 21.0. The number of carbonyl (C=O) groups excluding carboxylic acids is 4. The molecule has 0 bridgehead atoms. The third-order valence-corrected chi connectivity index (χ3v) is 5.83. The maximum Gasteiger partial charge on any atom is 0.326 e. The summed E-state index contributed by atoms with van der Waals surface area (Å²) < 4.78 is 0. The maximum absolute atomic E-state index is 13.2. The number of primary amides is 1. The Morgan fingerprint density at radius 1 is 0.892 bits per heavy atom. The van der Waals surface area contributed by atoms with Gasteiger partial charge in [0.25, 0.3) is 0 Å². The van der Waals surface area contributed by atoms with Crippen LogP contribution >= 0.6 is 0 Å². The highest BCUT2D eigenvalue weighted by molar-refractivity contribution is 5.94. The fourth-order valence-electron chi connectivity index (χ4n) is 3.80. The van der Waals surface area contributed by atoms with Crippen LogP contribution in [0.4, 0.5) is 0 Å². The van der Waals surface area contributed by atoms with Crippen LogP contribution in [0.5, 0.6) is 0 Å². The number of hydrogen-bond donors (Lipinski definition) is 9. The number of unbranched alkanes of at least 4 members (excludes halogenated alkanes) is 1. The van der Waals surface area contributed by atoms with Gasteiger partial charge < -0.3 is 49.3 Å². The van der Waals surface area contributed by atoms with Gasteiger partial charge >= 0.3 is 5.97 Å². The van der Waals surface area contributed by atoms with Crippen molar-refractivity contribution in [3.63, 3.8) is 0 Å². The number of carboxylic acids is 1. The van der Waals surface area contributed by atoms with E-state index in [1.807, 2.05) is 0 Å². The summed E-state index contributed by atoms with van der Waals surface area (Å²) in [5.74, 6) is -3.85. The summed E-state index contributed by atoms with van der Waals surface area (Å²) in [5, 5.41) is 20.2. The Bertz CT molecular complexity index is 812. The Kier molecular flexibility index (Phi) is 14.6.